The van der Waals surface area contributed by atoms with Crippen molar-refractivity contribution in [2.75, 3.05) is 0 Å². The van der Waals surface area contributed by atoms with Crippen LogP contribution in [0.3, 0.4) is 0 Å². The van der Waals surface area contributed by atoms with Crippen LogP contribution in [0.1, 0.15) is 0 Å². The highest BCUT2D eigenvalue weighted by atomic mass is 32.1. The van der Waals surface area contributed by atoms with Crippen LogP contribution in [-0.4, -0.2) is 14.0 Å². The Balaban J connectivity index is 1.53. The SMILES string of the molecule is O=c1c2c(nc3sc4ccccc4n13)c1ccccc1n2-c1cc(-c2ccccc2)cc(-c2ccccc2)c1. The van der Waals surface area contributed by atoms with E-state index in [1.54, 1.807) is 15.7 Å². The predicted octanol–water partition coefficient (Wildman–Crippen LogP) is 8.34. The van der Waals surface area contributed by atoms with E-state index in [-0.39, 0.29) is 5.56 Å². The van der Waals surface area contributed by atoms with Crippen LogP contribution in [0.25, 0.3) is 65.1 Å². The molecule has 0 saturated carbocycles. The standard InChI is InChI=1S/C34H21N3OS/c38-33-32-31(35-34-37(33)29-17-9-10-18-30(29)39-34)27-15-7-8-16-28(27)36(32)26-20-24(22-11-3-1-4-12-22)19-25(21-26)23-13-5-2-6-14-23/h1-21H. The van der Waals surface area contributed by atoms with E-state index in [0.717, 1.165) is 54.6 Å². The Morgan fingerprint density at radius 2 is 1.18 bits per heavy atom. The van der Waals surface area contributed by atoms with Gasteiger partial charge in [0.05, 0.1) is 15.7 Å². The monoisotopic (exact) mass is 519 g/mol. The number of nitrogens with zero attached hydrogens (tertiary/aromatic N) is 3. The molecule has 39 heavy (non-hydrogen) atoms. The Kier molecular flexibility index (Phi) is 4.81. The number of benzene rings is 5. The zero-order valence-electron chi connectivity index (χ0n) is 20.8. The lowest BCUT2D eigenvalue weighted by Gasteiger charge is -2.13. The highest BCUT2D eigenvalue weighted by Gasteiger charge is 2.21. The number of hydrogen-bond donors (Lipinski definition) is 0. The number of fused-ring (bicyclic) bond motifs is 6. The molecule has 0 radical (unpaired) electrons. The molecule has 0 N–H and O–H groups in total. The highest BCUT2D eigenvalue weighted by molar-refractivity contribution is 7.23. The van der Waals surface area contributed by atoms with Gasteiger partial charge in [0.2, 0.25) is 0 Å². The number of rotatable bonds is 3. The molecule has 0 atom stereocenters. The lowest BCUT2D eigenvalue weighted by molar-refractivity contribution is 1.10. The number of hydrogen-bond acceptors (Lipinski definition) is 3. The van der Waals surface area contributed by atoms with Gasteiger partial charge < -0.3 is 4.57 Å². The molecule has 0 unspecified atom stereocenters. The van der Waals surface area contributed by atoms with E-state index in [9.17, 15) is 4.79 Å². The van der Waals surface area contributed by atoms with Crippen molar-refractivity contribution in [2.45, 2.75) is 0 Å². The van der Waals surface area contributed by atoms with Gasteiger partial charge in [-0.15, -0.1) is 0 Å². The molecule has 8 rings (SSSR count). The maximum atomic E-state index is 14.3. The van der Waals surface area contributed by atoms with E-state index in [4.69, 9.17) is 4.98 Å². The summed E-state index contributed by atoms with van der Waals surface area (Å²) in [7, 11) is 0. The summed E-state index contributed by atoms with van der Waals surface area (Å²) in [4.78, 5) is 20.1. The Morgan fingerprint density at radius 3 is 1.87 bits per heavy atom. The van der Waals surface area contributed by atoms with Gasteiger partial charge in [0.15, 0.2) is 4.96 Å². The van der Waals surface area contributed by atoms with Gasteiger partial charge in [0.25, 0.3) is 5.56 Å². The molecule has 0 aliphatic heterocycles. The third kappa shape index (κ3) is 3.37. The molecule has 184 valence electrons. The summed E-state index contributed by atoms with van der Waals surface area (Å²) in [6.07, 6.45) is 0. The molecule has 8 aromatic rings. The summed E-state index contributed by atoms with van der Waals surface area (Å²) in [6, 6.07) is 43.5. The fourth-order valence-electron chi connectivity index (χ4n) is 5.58. The molecule has 3 aromatic heterocycles. The minimum Gasteiger partial charge on any atom is -0.303 e. The van der Waals surface area contributed by atoms with Crippen molar-refractivity contribution in [1.29, 1.82) is 0 Å². The minimum atomic E-state index is -0.0602. The summed E-state index contributed by atoms with van der Waals surface area (Å²) in [6.45, 7) is 0. The Bertz CT molecular complexity index is 2180. The van der Waals surface area contributed by atoms with Crippen molar-refractivity contribution in [2.24, 2.45) is 0 Å². The lowest BCUT2D eigenvalue weighted by atomic mass is 9.98. The van der Waals surface area contributed by atoms with Gasteiger partial charge in [0.1, 0.15) is 11.0 Å². The van der Waals surface area contributed by atoms with Gasteiger partial charge in [-0.3, -0.25) is 4.79 Å². The molecular formula is C34H21N3OS. The van der Waals surface area contributed by atoms with Crippen LogP contribution in [0.5, 0.6) is 0 Å². The van der Waals surface area contributed by atoms with Crippen LogP contribution in [-0.2, 0) is 0 Å². The summed E-state index contributed by atoms with van der Waals surface area (Å²) < 4.78 is 4.90. The highest BCUT2D eigenvalue weighted by Crippen LogP contribution is 2.35. The Hall–Kier alpha value is -5.00. The van der Waals surface area contributed by atoms with Crippen LogP contribution in [0.15, 0.2) is 132 Å². The van der Waals surface area contributed by atoms with Crippen LogP contribution >= 0.6 is 11.3 Å². The van der Waals surface area contributed by atoms with Crippen molar-refractivity contribution in [3.05, 3.63) is 138 Å². The third-order valence-electron chi connectivity index (χ3n) is 7.35. The smallest absolute Gasteiger partial charge is 0.283 e. The summed E-state index contributed by atoms with van der Waals surface area (Å²) >= 11 is 1.55. The first kappa shape index (κ1) is 22.0. The van der Waals surface area contributed by atoms with Crippen LogP contribution in [0, 0.1) is 0 Å². The zero-order chi connectivity index (χ0) is 25.9. The van der Waals surface area contributed by atoms with Gasteiger partial charge in [-0.1, -0.05) is 102 Å². The van der Waals surface area contributed by atoms with Crippen molar-refractivity contribution in [3.8, 4) is 27.9 Å². The first-order chi connectivity index (χ1) is 19.3. The van der Waals surface area contributed by atoms with E-state index in [1.807, 2.05) is 48.5 Å². The van der Waals surface area contributed by atoms with Crippen molar-refractivity contribution in [1.82, 2.24) is 14.0 Å². The second-order valence-electron chi connectivity index (χ2n) is 9.66. The maximum Gasteiger partial charge on any atom is 0.283 e. The van der Waals surface area contributed by atoms with Gasteiger partial charge in [-0.25, -0.2) is 9.38 Å². The molecule has 0 aliphatic carbocycles. The van der Waals surface area contributed by atoms with E-state index < -0.39 is 0 Å². The molecule has 0 bridgehead atoms. The van der Waals surface area contributed by atoms with Crippen molar-refractivity contribution >= 4 is 48.5 Å². The molecule has 0 amide bonds. The molecule has 0 saturated heterocycles. The summed E-state index contributed by atoms with van der Waals surface area (Å²) in [5.41, 5.74) is 8.46. The van der Waals surface area contributed by atoms with Crippen LogP contribution < -0.4 is 5.56 Å². The van der Waals surface area contributed by atoms with E-state index >= 15 is 0 Å². The van der Waals surface area contributed by atoms with E-state index in [1.165, 1.54) is 0 Å². The minimum absolute atomic E-state index is 0.0602. The average Bonchev–Trinajstić information content (AvgIpc) is 3.54. The molecule has 0 fully saturated rings. The van der Waals surface area contributed by atoms with Gasteiger partial charge in [-0.2, -0.15) is 0 Å². The molecule has 5 aromatic carbocycles. The number of para-hydroxylation sites is 2. The maximum absolute atomic E-state index is 14.3. The summed E-state index contributed by atoms with van der Waals surface area (Å²) in [5.74, 6) is 0. The van der Waals surface area contributed by atoms with Crippen LogP contribution in [0.2, 0.25) is 0 Å². The fraction of sp³-hybridized carbons (Fsp3) is 0. The van der Waals surface area contributed by atoms with E-state index in [2.05, 4.69) is 83.4 Å². The predicted molar refractivity (Wildman–Crippen MR) is 162 cm³/mol. The summed E-state index contributed by atoms with van der Waals surface area (Å²) in [5, 5.41) is 0.968. The van der Waals surface area contributed by atoms with Crippen molar-refractivity contribution < 1.29 is 0 Å². The number of thiazole rings is 1. The second kappa shape index (κ2) is 8.51. The van der Waals surface area contributed by atoms with Crippen molar-refractivity contribution in [3.63, 3.8) is 0 Å². The quantitative estimate of drug-likeness (QED) is 0.235. The average molecular weight is 520 g/mol. The van der Waals surface area contributed by atoms with Gasteiger partial charge in [0, 0.05) is 11.1 Å². The lowest BCUT2D eigenvalue weighted by Crippen LogP contribution is -2.16. The van der Waals surface area contributed by atoms with E-state index in [0.29, 0.717) is 10.5 Å². The first-order valence-electron chi connectivity index (χ1n) is 12.9. The topological polar surface area (TPSA) is 39.3 Å². The first-order valence-corrected chi connectivity index (χ1v) is 13.7. The molecular weight excluding hydrogens is 498 g/mol. The number of aromatic nitrogens is 3. The molecule has 0 spiro atoms. The molecule has 5 heteroatoms. The normalized spacial score (nSPS) is 11.7. The molecule has 0 aliphatic rings. The third-order valence-corrected chi connectivity index (χ3v) is 8.37. The zero-order valence-corrected chi connectivity index (χ0v) is 21.6. The molecule has 4 nitrogen and oxygen atoms in total. The van der Waals surface area contributed by atoms with Gasteiger partial charge in [-0.05, 0) is 58.7 Å². The Morgan fingerprint density at radius 1 is 0.590 bits per heavy atom. The fourth-order valence-corrected chi connectivity index (χ4v) is 6.60. The molecule has 3 heterocycles. The van der Waals surface area contributed by atoms with Crippen LogP contribution in [0.4, 0.5) is 0 Å². The van der Waals surface area contributed by atoms with Gasteiger partial charge >= 0.3 is 0 Å². The Labute approximate surface area is 227 Å². The second-order valence-corrected chi connectivity index (χ2v) is 10.7. The largest absolute Gasteiger partial charge is 0.303 e.